The minimum absolute atomic E-state index is 0.0521. The third-order valence-corrected chi connectivity index (χ3v) is 4.18. The first-order chi connectivity index (χ1) is 8.97. The van der Waals surface area contributed by atoms with Gasteiger partial charge in [-0.25, -0.2) is 8.78 Å². The highest BCUT2D eigenvalue weighted by Crippen LogP contribution is 2.41. The standard InChI is InChI=1S/C15H18F2O2/c1-10-5-6-11(9-12(10)13(16)17)15(14(18)19)7-3-2-4-8-15/h5-6,9,13H,2-4,7-8H2,1H3,(H,18,19). The van der Waals surface area contributed by atoms with Gasteiger partial charge in [0.15, 0.2) is 0 Å². The first kappa shape index (κ1) is 14.0. The fourth-order valence-electron chi connectivity index (χ4n) is 2.95. The zero-order valence-corrected chi connectivity index (χ0v) is 11.0. The third-order valence-electron chi connectivity index (χ3n) is 4.18. The van der Waals surface area contributed by atoms with Gasteiger partial charge in [0.05, 0.1) is 5.41 Å². The number of alkyl halides is 2. The Labute approximate surface area is 111 Å². The first-order valence-corrected chi connectivity index (χ1v) is 6.60. The number of carboxylic acid groups (broad SMARTS) is 1. The molecule has 2 rings (SSSR count). The lowest BCUT2D eigenvalue weighted by Crippen LogP contribution is -2.37. The number of carboxylic acids is 1. The molecule has 0 radical (unpaired) electrons. The van der Waals surface area contributed by atoms with E-state index >= 15 is 0 Å². The maximum Gasteiger partial charge on any atom is 0.314 e. The van der Waals surface area contributed by atoms with Gasteiger partial charge >= 0.3 is 5.97 Å². The minimum Gasteiger partial charge on any atom is -0.481 e. The summed E-state index contributed by atoms with van der Waals surface area (Å²) in [7, 11) is 0. The molecule has 2 nitrogen and oxygen atoms in total. The van der Waals surface area contributed by atoms with Crippen LogP contribution in [0, 0.1) is 6.92 Å². The molecule has 0 heterocycles. The molecule has 1 aliphatic rings. The van der Waals surface area contributed by atoms with Gasteiger partial charge in [0.25, 0.3) is 6.43 Å². The molecule has 0 unspecified atom stereocenters. The van der Waals surface area contributed by atoms with Gasteiger partial charge < -0.3 is 5.11 Å². The van der Waals surface area contributed by atoms with Crippen molar-refractivity contribution in [3.63, 3.8) is 0 Å². The lowest BCUT2D eigenvalue weighted by molar-refractivity contribution is -0.145. The summed E-state index contributed by atoms with van der Waals surface area (Å²) >= 11 is 0. The lowest BCUT2D eigenvalue weighted by Gasteiger charge is -2.34. The van der Waals surface area contributed by atoms with E-state index in [1.807, 2.05) is 0 Å². The van der Waals surface area contributed by atoms with E-state index in [1.54, 1.807) is 19.1 Å². The summed E-state index contributed by atoms with van der Waals surface area (Å²) in [6, 6.07) is 4.69. The molecule has 1 aliphatic carbocycles. The van der Waals surface area contributed by atoms with E-state index in [9.17, 15) is 18.7 Å². The second-order valence-corrected chi connectivity index (χ2v) is 5.32. The maximum absolute atomic E-state index is 13.0. The highest BCUT2D eigenvalue weighted by molar-refractivity contribution is 5.81. The van der Waals surface area contributed by atoms with Crippen molar-refractivity contribution in [1.82, 2.24) is 0 Å². The molecular formula is C15H18F2O2. The average Bonchev–Trinajstić information content (AvgIpc) is 2.39. The van der Waals surface area contributed by atoms with Crippen molar-refractivity contribution < 1.29 is 18.7 Å². The van der Waals surface area contributed by atoms with Crippen molar-refractivity contribution in [1.29, 1.82) is 0 Å². The van der Waals surface area contributed by atoms with Gasteiger partial charge in [0, 0.05) is 5.56 Å². The normalized spacial score (nSPS) is 18.5. The zero-order chi connectivity index (χ0) is 14.0. The van der Waals surface area contributed by atoms with Gasteiger partial charge in [0.1, 0.15) is 0 Å². The fourth-order valence-corrected chi connectivity index (χ4v) is 2.95. The van der Waals surface area contributed by atoms with Crippen molar-refractivity contribution >= 4 is 5.97 Å². The Balaban J connectivity index is 2.48. The summed E-state index contributed by atoms with van der Waals surface area (Å²) in [5.41, 5.74) is 0.00896. The Morgan fingerprint density at radius 3 is 2.42 bits per heavy atom. The van der Waals surface area contributed by atoms with E-state index in [2.05, 4.69) is 0 Å². The lowest BCUT2D eigenvalue weighted by atomic mass is 9.69. The van der Waals surface area contributed by atoms with E-state index < -0.39 is 17.8 Å². The predicted octanol–water partition coefficient (Wildman–Crippen LogP) is 4.22. The second kappa shape index (κ2) is 5.27. The van der Waals surface area contributed by atoms with E-state index in [-0.39, 0.29) is 5.56 Å². The second-order valence-electron chi connectivity index (χ2n) is 5.32. The molecule has 104 valence electrons. The highest BCUT2D eigenvalue weighted by Gasteiger charge is 2.41. The number of aryl methyl sites for hydroxylation is 1. The Morgan fingerprint density at radius 2 is 1.89 bits per heavy atom. The quantitative estimate of drug-likeness (QED) is 0.891. The Morgan fingerprint density at radius 1 is 1.26 bits per heavy atom. The van der Waals surface area contributed by atoms with Crippen molar-refractivity contribution in [2.24, 2.45) is 0 Å². The van der Waals surface area contributed by atoms with Gasteiger partial charge in [-0.2, -0.15) is 0 Å². The summed E-state index contributed by atoms with van der Waals surface area (Å²) < 4.78 is 25.9. The van der Waals surface area contributed by atoms with Crippen LogP contribution in [0.1, 0.15) is 55.2 Å². The van der Waals surface area contributed by atoms with Crippen LogP contribution in [0.3, 0.4) is 0 Å². The topological polar surface area (TPSA) is 37.3 Å². The van der Waals surface area contributed by atoms with Crippen LogP contribution in [0.25, 0.3) is 0 Å². The van der Waals surface area contributed by atoms with Gasteiger partial charge in [-0.3, -0.25) is 4.79 Å². The number of aliphatic carboxylic acids is 1. The summed E-state index contributed by atoms with van der Waals surface area (Å²) in [6.45, 7) is 1.62. The summed E-state index contributed by atoms with van der Waals surface area (Å²) in [5.74, 6) is -0.892. The predicted molar refractivity (Wildman–Crippen MR) is 68.5 cm³/mol. The number of halogens is 2. The Hall–Kier alpha value is -1.45. The van der Waals surface area contributed by atoms with E-state index in [0.29, 0.717) is 24.0 Å². The monoisotopic (exact) mass is 268 g/mol. The first-order valence-electron chi connectivity index (χ1n) is 6.60. The summed E-state index contributed by atoms with van der Waals surface area (Å²) in [5, 5.41) is 9.55. The molecule has 0 aromatic heterocycles. The van der Waals surface area contributed by atoms with Gasteiger partial charge in [-0.15, -0.1) is 0 Å². The highest BCUT2D eigenvalue weighted by atomic mass is 19.3. The average molecular weight is 268 g/mol. The molecule has 0 saturated heterocycles. The van der Waals surface area contributed by atoms with Crippen LogP contribution in [0.15, 0.2) is 18.2 Å². The van der Waals surface area contributed by atoms with Crippen LogP contribution in [0.5, 0.6) is 0 Å². The van der Waals surface area contributed by atoms with Crippen LogP contribution >= 0.6 is 0 Å². The van der Waals surface area contributed by atoms with E-state index in [4.69, 9.17) is 0 Å². The van der Waals surface area contributed by atoms with Crippen molar-refractivity contribution in [2.45, 2.75) is 50.9 Å². The van der Waals surface area contributed by atoms with Crippen molar-refractivity contribution in [3.8, 4) is 0 Å². The number of hydrogen-bond acceptors (Lipinski definition) is 1. The van der Waals surface area contributed by atoms with Crippen LogP contribution in [0.2, 0.25) is 0 Å². The molecule has 1 aromatic carbocycles. The molecule has 1 saturated carbocycles. The maximum atomic E-state index is 13.0. The van der Waals surface area contributed by atoms with Crippen molar-refractivity contribution in [3.05, 3.63) is 34.9 Å². The van der Waals surface area contributed by atoms with Crippen LogP contribution in [0.4, 0.5) is 8.78 Å². The molecule has 0 bridgehead atoms. The largest absolute Gasteiger partial charge is 0.481 e. The molecule has 0 aliphatic heterocycles. The molecule has 1 fully saturated rings. The summed E-state index contributed by atoms with van der Waals surface area (Å²) in [6.07, 6.45) is 1.20. The van der Waals surface area contributed by atoms with E-state index in [1.165, 1.54) is 6.07 Å². The summed E-state index contributed by atoms with van der Waals surface area (Å²) in [4.78, 5) is 11.7. The number of carbonyl (C=O) groups is 1. The van der Waals surface area contributed by atoms with E-state index in [0.717, 1.165) is 19.3 Å². The van der Waals surface area contributed by atoms with Crippen LogP contribution in [-0.4, -0.2) is 11.1 Å². The molecule has 19 heavy (non-hydrogen) atoms. The fraction of sp³-hybridized carbons (Fsp3) is 0.533. The molecule has 1 N–H and O–H groups in total. The molecule has 4 heteroatoms. The number of benzene rings is 1. The number of hydrogen-bond donors (Lipinski definition) is 1. The van der Waals surface area contributed by atoms with Gasteiger partial charge in [0.2, 0.25) is 0 Å². The molecule has 0 atom stereocenters. The molecule has 0 spiro atoms. The minimum atomic E-state index is -2.56. The van der Waals surface area contributed by atoms with Gasteiger partial charge in [-0.05, 0) is 37.0 Å². The Kier molecular flexibility index (Phi) is 3.88. The van der Waals surface area contributed by atoms with Crippen LogP contribution in [-0.2, 0) is 10.2 Å². The molecule has 1 aromatic rings. The number of rotatable bonds is 3. The van der Waals surface area contributed by atoms with Crippen molar-refractivity contribution in [2.75, 3.05) is 0 Å². The SMILES string of the molecule is Cc1ccc(C2(C(=O)O)CCCCC2)cc1C(F)F. The molecular weight excluding hydrogens is 250 g/mol. The Bertz CT molecular complexity index is 477. The van der Waals surface area contributed by atoms with Crippen LogP contribution < -0.4 is 0 Å². The smallest absolute Gasteiger partial charge is 0.314 e. The zero-order valence-electron chi connectivity index (χ0n) is 11.0. The molecule has 0 amide bonds. The van der Waals surface area contributed by atoms with Gasteiger partial charge in [-0.1, -0.05) is 31.4 Å². The third kappa shape index (κ3) is 2.48.